The summed E-state index contributed by atoms with van der Waals surface area (Å²) in [6.45, 7) is 0. The Balaban J connectivity index is 1.29. The lowest BCUT2D eigenvalue weighted by Crippen LogP contribution is -2.02. The second-order valence-electron chi connectivity index (χ2n) is 12.8. The van der Waals surface area contributed by atoms with Crippen molar-refractivity contribution in [1.82, 2.24) is 19.5 Å². The molecule has 0 amide bonds. The number of benzene rings is 7. The summed E-state index contributed by atoms with van der Waals surface area (Å²) >= 11 is 0. The van der Waals surface area contributed by atoms with E-state index in [1.54, 1.807) is 18.2 Å². The Morgan fingerprint density at radius 3 is 1.78 bits per heavy atom. The van der Waals surface area contributed by atoms with E-state index in [0.29, 0.717) is 39.7 Å². The van der Waals surface area contributed by atoms with Crippen molar-refractivity contribution < 1.29 is 4.39 Å². The molecule has 7 heteroatoms. The van der Waals surface area contributed by atoms with Gasteiger partial charge in [0.1, 0.15) is 5.82 Å². The lowest BCUT2D eigenvalue weighted by molar-refractivity contribution is 0.628. The summed E-state index contributed by atoms with van der Waals surface area (Å²) in [6, 6.07) is 56.2. The van der Waals surface area contributed by atoms with Gasteiger partial charge in [-0.25, -0.2) is 19.3 Å². The maximum absolute atomic E-state index is 14.8. The van der Waals surface area contributed by atoms with E-state index in [0.717, 1.165) is 55.3 Å². The van der Waals surface area contributed by atoms with Crippen molar-refractivity contribution in [1.29, 1.82) is 10.5 Å². The third-order valence-corrected chi connectivity index (χ3v) is 9.59. The summed E-state index contributed by atoms with van der Waals surface area (Å²) in [5, 5.41) is 21.4. The highest BCUT2D eigenvalue weighted by Crippen LogP contribution is 2.39. The molecule has 0 spiro atoms. The molecule has 9 aromatic rings. The maximum atomic E-state index is 14.8. The van der Waals surface area contributed by atoms with Crippen LogP contribution < -0.4 is 0 Å². The zero-order valence-corrected chi connectivity index (χ0v) is 28.6. The minimum Gasteiger partial charge on any atom is -0.309 e. The molecule has 0 radical (unpaired) electrons. The van der Waals surface area contributed by atoms with Gasteiger partial charge in [-0.2, -0.15) is 10.5 Å². The van der Waals surface area contributed by atoms with E-state index in [4.69, 9.17) is 15.0 Å². The first-order valence-electron chi connectivity index (χ1n) is 17.3. The second-order valence-corrected chi connectivity index (χ2v) is 12.8. The van der Waals surface area contributed by atoms with Crippen LogP contribution in [0.2, 0.25) is 0 Å². The van der Waals surface area contributed by atoms with Crippen LogP contribution in [0, 0.1) is 28.5 Å². The van der Waals surface area contributed by atoms with Crippen molar-refractivity contribution in [2.75, 3.05) is 0 Å². The Labute approximate surface area is 310 Å². The molecule has 54 heavy (non-hydrogen) atoms. The molecule has 0 bridgehead atoms. The van der Waals surface area contributed by atoms with Crippen LogP contribution in [-0.2, 0) is 0 Å². The van der Waals surface area contributed by atoms with E-state index in [9.17, 15) is 14.9 Å². The number of hydrogen-bond acceptors (Lipinski definition) is 5. The molecule has 252 valence electrons. The average molecular weight is 695 g/mol. The lowest BCUT2D eigenvalue weighted by Gasteiger charge is -2.15. The predicted molar refractivity (Wildman–Crippen MR) is 211 cm³/mol. The van der Waals surface area contributed by atoms with Crippen molar-refractivity contribution in [2.24, 2.45) is 0 Å². The van der Waals surface area contributed by atoms with Crippen LogP contribution >= 0.6 is 0 Å². The summed E-state index contributed by atoms with van der Waals surface area (Å²) < 4.78 is 17.0. The number of hydrogen-bond donors (Lipinski definition) is 0. The number of nitriles is 2. The third-order valence-electron chi connectivity index (χ3n) is 9.59. The Kier molecular flexibility index (Phi) is 8.00. The molecule has 0 fully saturated rings. The number of rotatable bonds is 6. The molecule has 0 saturated carbocycles. The number of fused-ring (bicyclic) bond motifs is 3. The molecule has 6 nitrogen and oxygen atoms in total. The highest BCUT2D eigenvalue weighted by Gasteiger charge is 2.20. The Hall–Kier alpha value is -7.74. The molecule has 0 aliphatic heterocycles. The van der Waals surface area contributed by atoms with E-state index in [1.165, 1.54) is 12.1 Å². The van der Waals surface area contributed by atoms with Crippen LogP contribution in [0.1, 0.15) is 11.1 Å². The number of para-hydroxylation sites is 1. The zero-order valence-electron chi connectivity index (χ0n) is 28.6. The van der Waals surface area contributed by atoms with Gasteiger partial charge >= 0.3 is 0 Å². The van der Waals surface area contributed by atoms with Gasteiger partial charge in [0, 0.05) is 33.2 Å². The average Bonchev–Trinajstić information content (AvgIpc) is 3.57. The predicted octanol–water partition coefficient (Wildman–Crippen LogP) is 11.2. The molecular weight excluding hydrogens is 668 g/mol. The maximum Gasteiger partial charge on any atom is 0.164 e. The van der Waals surface area contributed by atoms with Crippen molar-refractivity contribution in [3.63, 3.8) is 0 Å². The van der Waals surface area contributed by atoms with E-state index in [-0.39, 0.29) is 5.82 Å². The molecule has 0 N–H and O–H groups in total. The van der Waals surface area contributed by atoms with Crippen LogP contribution in [0.15, 0.2) is 164 Å². The van der Waals surface area contributed by atoms with Crippen LogP contribution in [0.3, 0.4) is 0 Å². The Morgan fingerprint density at radius 2 is 1.07 bits per heavy atom. The minimum absolute atomic E-state index is 0.340. The van der Waals surface area contributed by atoms with Gasteiger partial charge in [0.2, 0.25) is 0 Å². The zero-order chi connectivity index (χ0) is 36.6. The van der Waals surface area contributed by atoms with E-state index >= 15 is 0 Å². The lowest BCUT2D eigenvalue weighted by atomic mass is 9.97. The van der Waals surface area contributed by atoms with Gasteiger partial charge in [-0.3, -0.25) is 0 Å². The van der Waals surface area contributed by atoms with Gasteiger partial charge in [0.25, 0.3) is 0 Å². The van der Waals surface area contributed by atoms with Gasteiger partial charge in [-0.05, 0) is 76.9 Å². The highest BCUT2D eigenvalue weighted by atomic mass is 19.1. The van der Waals surface area contributed by atoms with Crippen molar-refractivity contribution in [2.45, 2.75) is 0 Å². The van der Waals surface area contributed by atoms with Gasteiger partial charge in [-0.1, -0.05) is 109 Å². The normalized spacial score (nSPS) is 11.0. The molecule has 0 aliphatic rings. The van der Waals surface area contributed by atoms with Crippen LogP contribution in [0.25, 0.3) is 83.9 Å². The molecular formula is C47H27FN6. The standard InChI is InChI=1S/C47H27FN6/c48-36-15-9-14-33(25-36)39-22-20-37(27-42(39)47-52-45(31-10-3-1-4-11-31)51-46(53-47)32-12-5-2-6-13-32)54-43-17-8-7-16-40(43)41-26-34(19-23-44(41)54)38-21-18-30(28-49)24-35(38)29-50/h1-27H. The summed E-state index contributed by atoms with van der Waals surface area (Å²) in [7, 11) is 0. The van der Waals surface area contributed by atoms with Gasteiger partial charge in [0.15, 0.2) is 17.5 Å². The number of nitrogens with zero attached hydrogens (tertiary/aromatic N) is 6. The second kappa shape index (κ2) is 13.4. The summed E-state index contributed by atoms with van der Waals surface area (Å²) in [5.74, 6) is 1.17. The summed E-state index contributed by atoms with van der Waals surface area (Å²) in [6.07, 6.45) is 0. The van der Waals surface area contributed by atoms with Gasteiger partial charge in [-0.15, -0.1) is 0 Å². The molecule has 2 aromatic heterocycles. The first-order valence-corrected chi connectivity index (χ1v) is 17.3. The molecule has 7 aromatic carbocycles. The first-order chi connectivity index (χ1) is 26.6. The molecule has 2 heterocycles. The summed E-state index contributed by atoms with van der Waals surface area (Å²) in [4.78, 5) is 15.0. The smallest absolute Gasteiger partial charge is 0.164 e. The van der Waals surface area contributed by atoms with E-state index in [1.807, 2.05) is 103 Å². The van der Waals surface area contributed by atoms with Crippen molar-refractivity contribution in [3.05, 3.63) is 181 Å². The summed E-state index contributed by atoms with van der Waals surface area (Å²) in [5.41, 5.74) is 9.21. The minimum atomic E-state index is -0.340. The fourth-order valence-electron chi connectivity index (χ4n) is 7.07. The topological polar surface area (TPSA) is 91.2 Å². The molecule has 0 atom stereocenters. The molecule has 0 aliphatic carbocycles. The van der Waals surface area contributed by atoms with Crippen LogP contribution in [0.5, 0.6) is 0 Å². The number of halogens is 1. The number of aromatic nitrogens is 4. The fraction of sp³-hybridized carbons (Fsp3) is 0. The van der Waals surface area contributed by atoms with Crippen molar-refractivity contribution >= 4 is 21.8 Å². The molecule has 9 rings (SSSR count). The van der Waals surface area contributed by atoms with Crippen LogP contribution in [-0.4, -0.2) is 19.5 Å². The van der Waals surface area contributed by atoms with E-state index < -0.39 is 0 Å². The largest absolute Gasteiger partial charge is 0.309 e. The van der Waals surface area contributed by atoms with Gasteiger partial charge in [0.05, 0.1) is 34.3 Å². The molecule has 0 unspecified atom stereocenters. The highest BCUT2D eigenvalue weighted by molar-refractivity contribution is 6.10. The van der Waals surface area contributed by atoms with Crippen molar-refractivity contribution in [3.8, 4) is 74.2 Å². The monoisotopic (exact) mass is 694 g/mol. The van der Waals surface area contributed by atoms with E-state index in [2.05, 4.69) is 47.0 Å². The SMILES string of the molecule is N#Cc1ccc(-c2ccc3c(c2)c2ccccc2n3-c2ccc(-c3cccc(F)c3)c(-c3nc(-c4ccccc4)nc(-c4ccccc4)n3)c2)c(C#N)c1. The fourth-order valence-corrected chi connectivity index (χ4v) is 7.07. The van der Waals surface area contributed by atoms with Gasteiger partial charge < -0.3 is 4.57 Å². The quantitative estimate of drug-likeness (QED) is 0.173. The third kappa shape index (κ3) is 5.73. The Morgan fingerprint density at radius 1 is 0.444 bits per heavy atom. The van der Waals surface area contributed by atoms with Crippen LogP contribution in [0.4, 0.5) is 4.39 Å². The molecule has 0 saturated heterocycles. The Bertz CT molecular complexity index is 2920. The first kappa shape index (κ1) is 32.2.